The lowest BCUT2D eigenvalue weighted by molar-refractivity contribution is -0.143. The zero-order valence-corrected chi connectivity index (χ0v) is 41.4. The quantitative estimate of drug-likeness (QED) is 0.0321. The van der Waals surface area contributed by atoms with Crippen molar-refractivity contribution in [3.05, 3.63) is 36.5 Å². The second kappa shape index (κ2) is 51.7. The molecule has 0 radical (unpaired) electrons. The molecule has 0 aromatic rings. The van der Waals surface area contributed by atoms with Crippen LogP contribution in [0, 0.1) is 0 Å². The summed E-state index contributed by atoms with van der Waals surface area (Å²) in [4.78, 5) is 24.4. The summed E-state index contributed by atoms with van der Waals surface area (Å²) in [6, 6.07) is -0.639. The molecular weight excluding hydrogens is 767 g/mol. The van der Waals surface area contributed by atoms with E-state index in [2.05, 4.69) is 43.5 Å². The zero-order valence-electron chi connectivity index (χ0n) is 41.4. The highest BCUT2D eigenvalue weighted by Gasteiger charge is 2.18. The van der Waals surface area contributed by atoms with Crippen molar-refractivity contribution in [3.8, 4) is 0 Å². The molecule has 3 N–H and O–H groups in total. The minimum Gasteiger partial charge on any atom is -0.466 e. The van der Waals surface area contributed by atoms with Gasteiger partial charge in [0, 0.05) is 12.8 Å². The third kappa shape index (κ3) is 47.6. The monoisotopic (exact) mass is 872 g/mol. The predicted octanol–water partition coefficient (Wildman–Crippen LogP) is 16.5. The van der Waals surface area contributed by atoms with Crippen molar-refractivity contribution in [1.82, 2.24) is 5.32 Å². The van der Waals surface area contributed by atoms with Crippen LogP contribution in [0.15, 0.2) is 36.5 Å². The van der Waals surface area contributed by atoms with Crippen LogP contribution in [0.1, 0.15) is 284 Å². The van der Waals surface area contributed by atoms with E-state index in [4.69, 9.17) is 4.74 Å². The van der Waals surface area contributed by atoms with Gasteiger partial charge in [0.25, 0.3) is 0 Å². The highest BCUT2D eigenvalue weighted by molar-refractivity contribution is 5.76. The van der Waals surface area contributed by atoms with Gasteiger partial charge in [-0.2, -0.15) is 0 Å². The molecule has 0 aromatic carbocycles. The molecule has 0 spiro atoms. The molecule has 62 heavy (non-hydrogen) atoms. The summed E-state index contributed by atoms with van der Waals surface area (Å²) in [6.07, 6.45) is 62.9. The van der Waals surface area contributed by atoms with Crippen LogP contribution >= 0.6 is 0 Å². The van der Waals surface area contributed by atoms with Crippen LogP contribution in [-0.4, -0.2) is 47.4 Å². The van der Waals surface area contributed by atoms with Crippen molar-refractivity contribution in [3.63, 3.8) is 0 Å². The number of esters is 1. The van der Waals surface area contributed by atoms with Crippen LogP contribution in [0.25, 0.3) is 0 Å². The minimum absolute atomic E-state index is 0.0146. The molecule has 0 saturated carbocycles. The fourth-order valence-electron chi connectivity index (χ4n) is 8.19. The zero-order chi connectivity index (χ0) is 45.1. The Morgan fingerprint density at radius 1 is 0.452 bits per heavy atom. The van der Waals surface area contributed by atoms with Crippen molar-refractivity contribution in [2.75, 3.05) is 13.2 Å². The van der Waals surface area contributed by atoms with Gasteiger partial charge in [0.2, 0.25) is 5.91 Å². The van der Waals surface area contributed by atoms with Gasteiger partial charge in [-0.15, -0.1) is 0 Å². The first-order valence-corrected chi connectivity index (χ1v) is 27.3. The minimum atomic E-state index is -0.854. The normalized spacial score (nSPS) is 12.9. The third-order valence-corrected chi connectivity index (χ3v) is 12.4. The fourth-order valence-corrected chi connectivity index (χ4v) is 8.19. The maximum atomic E-state index is 12.4. The highest BCUT2D eigenvalue weighted by Crippen LogP contribution is 2.16. The van der Waals surface area contributed by atoms with E-state index in [-0.39, 0.29) is 18.5 Å². The highest BCUT2D eigenvalue weighted by atomic mass is 16.5. The van der Waals surface area contributed by atoms with Gasteiger partial charge >= 0.3 is 5.97 Å². The summed E-state index contributed by atoms with van der Waals surface area (Å²) in [7, 11) is 0. The summed E-state index contributed by atoms with van der Waals surface area (Å²) in [5.41, 5.74) is 0. The number of unbranched alkanes of at least 4 members (excludes halogenated alkanes) is 35. The molecule has 0 saturated heterocycles. The van der Waals surface area contributed by atoms with E-state index in [1.54, 1.807) is 6.08 Å². The average molecular weight is 872 g/mol. The standard InChI is InChI=1S/C56H105NO5/c1-3-5-7-9-11-13-15-17-24-28-32-36-40-44-48-54(59)53(52-58)57-55(60)49-45-41-37-33-29-25-22-20-19-21-23-27-31-35-39-43-47-51-62-56(61)50-46-42-38-34-30-26-18-16-14-12-10-8-6-4-2/h19,21,27,31,44,48,53-54,58-59H,3-18,20,22-26,28-30,32-43,45-47,49-52H2,1-2H3,(H,57,60)/b21-19-,31-27-,48-44+. The molecular formula is C56H105NO5. The van der Waals surface area contributed by atoms with Crippen LogP contribution < -0.4 is 5.32 Å². The molecule has 2 atom stereocenters. The molecule has 0 aromatic heterocycles. The fraction of sp³-hybridized carbons (Fsp3) is 0.857. The molecule has 364 valence electrons. The molecule has 0 heterocycles. The number of carbonyl (C=O) groups excluding carboxylic acids is 2. The third-order valence-electron chi connectivity index (χ3n) is 12.4. The number of allylic oxidation sites excluding steroid dienone is 5. The molecule has 0 aliphatic heterocycles. The summed E-state index contributed by atoms with van der Waals surface area (Å²) in [6.45, 7) is 4.86. The molecule has 0 aliphatic rings. The Balaban J connectivity index is 3.52. The first-order valence-electron chi connectivity index (χ1n) is 27.3. The Morgan fingerprint density at radius 2 is 0.806 bits per heavy atom. The van der Waals surface area contributed by atoms with Gasteiger partial charge in [-0.25, -0.2) is 0 Å². The lowest BCUT2D eigenvalue weighted by Gasteiger charge is -2.20. The summed E-state index contributed by atoms with van der Waals surface area (Å²) in [5, 5.41) is 23.0. The van der Waals surface area contributed by atoms with E-state index < -0.39 is 12.1 Å². The topological polar surface area (TPSA) is 95.9 Å². The van der Waals surface area contributed by atoms with Gasteiger partial charge in [-0.05, 0) is 70.6 Å². The Morgan fingerprint density at radius 3 is 1.23 bits per heavy atom. The largest absolute Gasteiger partial charge is 0.466 e. The van der Waals surface area contributed by atoms with Crippen LogP contribution in [0.5, 0.6) is 0 Å². The maximum Gasteiger partial charge on any atom is 0.305 e. The van der Waals surface area contributed by atoms with E-state index in [1.165, 1.54) is 173 Å². The van der Waals surface area contributed by atoms with Crippen LogP contribution in [0.4, 0.5) is 0 Å². The maximum absolute atomic E-state index is 12.4. The Labute approximate surface area is 385 Å². The van der Waals surface area contributed by atoms with E-state index >= 15 is 0 Å². The van der Waals surface area contributed by atoms with E-state index in [0.717, 1.165) is 83.5 Å². The Bertz CT molecular complexity index is 1010. The van der Waals surface area contributed by atoms with Crippen molar-refractivity contribution in [1.29, 1.82) is 0 Å². The smallest absolute Gasteiger partial charge is 0.305 e. The first kappa shape index (κ1) is 60.1. The van der Waals surface area contributed by atoms with Gasteiger partial charge < -0.3 is 20.3 Å². The van der Waals surface area contributed by atoms with E-state index in [0.29, 0.717) is 19.4 Å². The van der Waals surface area contributed by atoms with Gasteiger partial charge in [0.15, 0.2) is 0 Å². The number of aliphatic hydroxyl groups is 2. The number of rotatable bonds is 50. The average Bonchev–Trinajstić information content (AvgIpc) is 3.27. The van der Waals surface area contributed by atoms with E-state index in [9.17, 15) is 19.8 Å². The van der Waals surface area contributed by atoms with Crippen molar-refractivity contribution in [2.24, 2.45) is 0 Å². The van der Waals surface area contributed by atoms with Crippen LogP contribution in [-0.2, 0) is 14.3 Å². The molecule has 0 fully saturated rings. The Hall–Kier alpha value is -1.92. The molecule has 2 unspecified atom stereocenters. The second-order valence-corrected chi connectivity index (χ2v) is 18.6. The summed E-state index contributed by atoms with van der Waals surface area (Å²) >= 11 is 0. The number of ether oxygens (including phenoxy) is 1. The summed E-state index contributed by atoms with van der Waals surface area (Å²) < 4.78 is 5.45. The lowest BCUT2D eigenvalue weighted by Crippen LogP contribution is -2.45. The van der Waals surface area contributed by atoms with Gasteiger partial charge in [-0.3, -0.25) is 9.59 Å². The molecule has 6 heteroatoms. The van der Waals surface area contributed by atoms with Crippen molar-refractivity contribution in [2.45, 2.75) is 296 Å². The van der Waals surface area contributed by atoms with Gasteiger partial charge in [0.1, 0.15) is 0 Å². The number of aliphatic hydroxyl groups excluding tert-OH is 2. The number of amides is 1. The number of carbonyl (C=O) groups is 2. The molecule has 1 amide bonds. The number of nitrogens with one attached hydrogen (secondary N) is 1. The second-order valence-electron chi connectivity index (χ2n) is 18.6. The number of hydrogen-bond donors (Lipinski definition) is 3. The first-order chi connectivity index (χ1) is 30.5. The Kier molecular flexibility index (Phi) is 50.1. The molecule has 6 nitrogen and oxygen atoms in total. The molecule has 0 rings (SSSR count). The predicted molar refractivity (Wildman–Crippen MR) is 269 cm³/mol. The van der Waals surface area contributed by atoms with Gasteiger partial charge in [-0.1, -0.05) is 237 Å². The molecule has 0 bridgehead atoms. The lowest BCUT2D eigenvalue weighted by atomic mass is 10.0. The van der Waals surface area contributed by atoms with Gasteiger partial charge in [0.05, 0.1) is 25.4 Å². The van der Waals surface area contributed by atoms with Crippen molar-refractivity contribution >= 4 is 11.9 Å². The van der Waals surface area contributed by atoms with Crippen molar-refractivity contribution < 1.29 is 24.5 Å². The van der Waals surface area contributed by atoms with Crippen LogP contribution in [0.3, 0.4) is 0 Å². The number of hydrogen-bond acceptors (Lipinski definition) is 5. The van der Waals surface area contributed by atoms with E-state index in [1.807, 2.05) is 6.08 Å². The summed E-state index contributed by atoms with van der Waals surface area (Å²) in [5.74, 6) is -0.0989. The van der Waals surface area contributed by atoms with Crippen LogP contribution in [0.2, 0.25) is 0 Å². The SMILES string of the molecule is CCCCCCCCCCCCCC/C=C/C(O)C(CO)NC(=O)CCCCCCCCC/C=C\C/C=C\CCCCCOC(=O)CCCCCCCCCCCCCCCC. The molecule has 0 aliphatic carbocycles.